The molecule has 2 heteroatoms. The van der Waals surface area contributed by atoms with E-state index in [0.29, 0.717) is 0 Å². The molecule has 0 saturated carbocycles. The number of imidazole rings is 1. The van der Waals surface area contributed by atoms with Gasteiger partial charge < -0.3 is 0 Å². The molecular weight excluding hydrogens is 400 g/mol. The largest absolute Gasteiger partial charge is 0.296 e. The highest BCUT2D eigenvalue weighted by Crippen LogP contribution is 2.46. The van der Waals surface area contributed by atoms with Crippen molar-refractivity contribution in [3.8, 4) is 22.3 Å². The van der Waals surface area contributed by atoms with Crippen LogP contribution in [-0.2, 0) is 12.8 Å². The summed E-state index contributed by atoms with van der Waals surface area (Å²) in [4.78, 5) is 4.96. The fourth-order valence-corrected chi connectivity index (χ4v) is 6.27. The van der Waals surface area contributed by atoms with Crippen molar-refractivity contribution in [1.29, 1.82) is 0 Å². The van der Waals surface area contributed by atoms with Crippen LogP contribution in [0.25, 0.3) is 49.6 Å². The standard InChI is InChI=1S/C31H22N2/c1-17-18(2)33-30-16-28-22(14-29(30)24-9-5-6-10-25(24)31(33)32-17)13-21-12-20-11-19-7-3-4-8-23(19)26(20)15-27(21)28/h3-10,12,14-16H,11,13H2,1-2H3. The lowest BCUT2D eigenvalue weighted by Crippen LogP contribution is -1.95. The summed E-state index contributed by atoms with van der Waals surface area (Å²) in [5, 5.41) is 3.84. The van der Waals surface area contributed by atoms with E-state index in [9.17, 15) is 0 Å². The van der Waals surface area contributed by atoms with Crippen molar-refractivity contribution in [3.05, 3.63) is 106 Å². The maximum Gasteiger partial charge on any atom is 0.145 e. The third-order valence-electron chi connectivity index (χ3n) is 7.95. The molecule has 0 amide bonds. The average Bonchev–Trinajstić information content (AvgIpc) is 3.47. The van der Waals surface area contributed by atoms with Crippen LogP contribution in [0, 0.1) is 13.8 Å². The predicted molar refractivity (Wildman–Crippen MR) is 136 cm³/mol. The molecule has 0 radical (unpaired) electrons. The van der Waals surface area contributed by atoms with Crippen LogP contribution >= 0.6 is 0 Å². The Hall–Kier alpha value is -3.91. The summed E-state index contributed by atoms with van der Waals surface area (Å²) in [6.07, 6.45) is 2.06. The minimum atomic E-state index is 1.01. The number of nitrogens with zero attached hydrogens (tertiary/aromatic N) is 2. The Morgan fingerprint density at radius 2 is 1.27 bits per heavy atom. The van der Waals surface area contributed by atoms with Crippen LogP contribution in [0.5, 0.6) is 0 Å². The highest BCUT2D eigenvalue weighted by Gasteiger charge is 2.26. The molecule has 33 heavy (non-hydrogen) atoms. The van der Waals surface area contributed by atoms with Crippen LogP contribution in [0.4, 0.5) is 0 Å². The van der Waals surface area contributed by atoms with Crippen molar-refractivity contribution in [2.75, 3.05) is 0 Å². The smallest absolute Gasteiger partial charge is 0.145 e. The highest BCUT2D eigenvalue weighted by atomic mass is 15.0. The molecule has 0 N–H and O–H groups in total. The Balaban J connectivity index is 1.47. The second-order valence-corrected chi connectivity index (χ2v) is 9.69. The van der Waals surface area contributed by atoms with Gasteiger partial charge >= 0.3 is 0 Å². The van der Waals surface area contributed by atoms with Crippen LogP contribution in [0.15, 0.2) is 72.8 Å². The molecular formula is C31H22N2. The van der Waals surface area contributed by atoms with E-state index in [1.165, 1.54) is 71.9 Å². The Kier molecular flexibility index (Phi) is 3.15. The predicted octanol–water partition coefficient (Wildman–Crippen LogP) is 7.40. The maximum absolute atomic E-state index is 4.96. The van der Waals surface area contributed by atoms with Crippen molar-refractivity contribution in [1.82, 2.24) is 9.38 Å². The summed E-state index contributed by atoms with van der Waals surface area (Å²) >= 11 is 0. The number of pyridine rings is 1. The molecule has 0 spiro atoms. The zero-order valence-electron chi connectivity index (χ0n) is 18.7. The van der Waals surface area contributed by atoms with E-state index < -0.39 is 0 Å². The molecule has 0 saturated heterocycles. The number of hydrogen-bond donors (Lipinski definition) is 0. The first kappa shape index (κ1) is 17.6. The number of rotatable bonds is 0. The van der Waals surface area contributed by atoms with Gasteiger partial charge in [0.1, 0.15) is 5.65 Å². The first-order valence-corrected chi connectivity index (χ1v) is 11.7. The zero-order chi connectivity index (χ0) is 21.8. The van der Waals surface area contributed by atoms with Crippen molar-refractivity contribution in [2.24, 2.45) is 0 Å². The van der Waals surface area contributed by atoms with Gasteiger partial charge in [-0.25, -0.2) is 4.98 Å². The summed E-state index contributed by atoms with van der Waals surface area (Å²) in [5.41, 5.74) is 16.1. The van der Waals surface area contributed by atoms with Gasteiger partial charge in [-0.05, 0) is 94.8 Å². The molecule has 0 unspecified atom stereocenters. The second kappa shape index (κ2) is 5.90. The van der Waals surface area contributed by atoms with Gasteiger partial charge in [0.25, 0.3) is 0 Å². The molecule has 0 fully saturated rings. The first-order chi connectivity index (χ1) is 16.2. The lowest BCUT2D eigenvalue weighted by atomic mass is 9.96. The lowest BCUT2D eigenvalue weighted by Gasteiger charge is -2.12. The van der Waals surface area contributed by atoms with E-state index in [-0.39, 0.29) is 0 Å². The molecule has 156 valence electrons. The highest BCUT2D eigenvalue weighted by molar-refractivity contribution is 6.13. The van der Waals surface area contributed by atoms with Crippen LogP contribution < -0.4 is 0 Å². The van der Waals surface area contributed by atoms with Crippen LogP contribution in [0.3, 0.4) is 0 Å². The SMILES string of the molecule is Cc1nc2c3ccccc3c3cc4c(cc3n2c1C)-c1cc2c(cc1C4)Cc1ccccc1-2. The molecule has 2 nitrogen and oxygen atoms in total. The molecule has 2 aliphatic carbocycles. The molecule has 0 atom stereocenters. The average molecular weight is 423 g/mol. The fourth-order valence-electron chi connectivity index (χ4n) is 6.27. The lowest BCUT2D eigenvalue weighted by molar-refractivity contribution is 1.14. The van der Waals surface area contributed by atoms with Gasteiger partial charge in [-0.2, -0.15) is 0 Å². The molecule has 2 heterocycles. The number of benzene rings is 4. The first-order valence-electron chi connectivity index (χ1n) is 11.7. The number of hydrogen-bond acceptors (Lipinski definition) is 1. The van der Waals surface area contributed by atoms with Crippen molar-refractivity contribution < 1.29 is 0 Å². The van der Waals surface area contributed by atoms with Gasteiger partial charge in [-0.3, -0.25) is 4.40 Å². The number of aromatic nitrogens is 2. The van der Waals surface area contributed by atoms with E-state index in [2.05, 4.69) is 91.0 Å². The normalized spacial score (nSPS) is 13.5. The fraction of sp³-hybridized carbons (Fsp3) is 0.129. The molecule has 0 bridgehead atoms. The quantitative estimate of drug-likeness (QED) is 0.233. The molecule has 0 aliphatic heterocycles. The van der Waals surface area contributed by atoms with Gasteiger partial charge in [-0.15, -0.1) is 0 Å². The molecule has 4 aromatic carbocycles. The number of fused-ring (bicyclic) bond motifs is 12. The van der Waals surface area contributed by atoms with E-state index >= 15 is 0 Å². The van der Waals surface area contributed by atoms with Gasteiger partial charge in [-0.1, -0.05) is 54.6 Å². The second-order valence-electron chi connectivity index (χ2n) is 9.69. The van der Waals surface area contributed by atoms with E-state index in [0.717, 1.165) is 24.2 Å². The minimum Gasteiger partial charge on any atom is -0.296 e. The summed E-state index contributed by atoms with van der Waals surface area (Å²) in [6.45, 7) is 4.31. The summed E-state index contributed by atoms with van der Waals surface area (Å²) in [5.74, 6) is 0. The Morgan fingerprint density at radius 3 is 2.15 bits per heavy atom. The Bertz CT molecular complexity index is 1830. The van der Waals surface area contributed by atoms with Crippen LogP contribution in [0.2, 0.25) is 0 Å². The summed E-state index contributed by atoms with van der Waals surface area (Å²) in [7, 11) is 0. The molecule has 8 rings (SSSR count). The van der Waals surface area contributed by atoms with Crippen LogP contribution in [-0.4, -0.2) is 9.38 Å². The van der Waals surface area contributed by atoms with E-state index in [1.54, 1.807) is 0 Å². The topological polar surface area (TPSA) is 17.3 Å². The third kappa shape index (κ3) is 2.16. The maximum atomic E-state index is 4.96. The van der Waals surface area contributed by atoms with Crippen molar-refractivity contribution in [3.63, 3.8) is 0 Å². The minimum absolute atomic E-state index is 1.01. The van der Waals surface area contributed by atoms with Gasteiger partial charge in [0, 0.05) is 16.5 Å². The van der Waals surface area contributed by atoms with Crippen LogP contribution in [0.1, 0.15) is 33.6 Å². The number of aryl methyl sites for hydroxylation is 2. The summed E-state index contributed by atoms with van der Waals surface area (Å²) in [6, 6.07) is 27.4. The van der Waals surface area contributed by atoms with Gasteiger partial charge in [0.05, 0.1) is 11.2 Å². The Labute approximate surface area is 192 Å². The molecule has 6 aromatic rings. The molecule has 2 aliphatic rings. The van der Waals surface area contributed by atoms with E-state index in [4.69, 9.17) is 4.98 Å². The van der Waals surface area contributed by atoms with Gasteiger partial charge in [0.15, 0.2) is 0 Å². The summed E-state index contributed by atoms with van der Waals surface area (Å²) < 4.78 is 2.37. The zero-order valence-corrected chi connectivity index (χ0v) is 18.7. The van der Waals surface area contributed by atoms with Gasteiger partial charge in [0.2, 0.25) is 0 Å². The monoisotopic (exact) mass is 422 g/mol. The van der Waals surface area contributed by atoms with Crippen molar-refractivity contribution in [2.45, 2.75) is 26.7 Å². The Morgan fingerprint density at radius 1 is 0.606 bits per heavy atom. The van der Waals surface area contributed by atoms with E-state index in [1.807, 2.05) is 0 Å². The third-order valence-corrected chi connectivity index (χ3v) is 7.95. The molecule has 2 aromatic heterocycles. The van der Waals surface area contributed by atoms with Crippen molar-refractivity contribution >= 4 is 27.3 Å².